The molecule has 0 spiro atoms. The molecule has 4 heteroatoms. The first-order valence-electron chi connectivity index (χ1n) is 9.29. The summed E-state index contributed by atoms with van der Waals surface area (Å²) in [6.07, 6.45) is 1.90. The number of aromatic nitrogens is 2. The third-order valence-corrected chi connectivity index (χ3v) is 5.99. The minimum atomic E-state index is 0.100. The van der Waals surface area contributed by atoms with E-state index in [1.807, 2.05) is 6.20 Å². The van der Waals surface area contributed by atoms with Crippen molar-refractivity contribution in [1.82, 2.24) is 9.46 Å². The highest BCUT2D eigenvalue weighted by molar-refractivity contribution is 6.82. The molecule has 3 aromatic carbocycles. The van der Waals surface area contributed by atoms with Crippen molar-refractivity contribution in [2.45, 2.75) is 0 Å². The Bertz CT molecular complexity index is 1400. The number of nitrogens with zero attached hydrogens (tertiary/aromatic N) is 3. The number of rotatable bonds is 0. The third-order valence-electron chi connectivity index (χ3n) is 5.99. The van der Waals surface area contributed by atoms with Crippen LogP contribution in [-0.4, -0.2) is 16.4 Å². The van der Waals surface area contributed by atoms with Crippen molar-refractivity contribution in [3.63, 3.8) is 0 Å². The highest BCUT2D eigenvalue weighted by Gasteiger charge is 2.45. The molecule has 0 unspecified atom stereocenters. The number of pyridine rings is 1. The number of anilines is 2. The lowest BCUT2D eigenvalue weighted by Gasteiger charge is -2.33. The molecule has 0 amide bonds. The fourth-order valence-corrected chi connectivity index (χ4v) is 5.00. The lowest BCUT2D eigenvalue weighted by Crippen LogP contribution is -2.51. The molecule has 27 heavy (non-hydrogen) atoms. The van der Waals surface area contributed by atoms with Gasteiger partial charge in [0.15, 0.2) is 0 Å². The zero-order chi connectivity index (χ0) is 17.5. The van der Waals surface area contributed by atoms with Crippen LogP contribution < -0.4 is 10.3 Å². The molecule has 5 aromatic rings. The van der Waals surface area contributed by atoms with Crippen LogP contribution in [0.2, 0.25) is 0 Å². The van der Waals surface area contributed by atoms with E-state index in [1.165, 1.54) is 44.2 Å². The van der Waals surface area contributed by atoms with E-state index in [1.54, 1.807) is 0 Å². The van der Waals surface area contributed by atoms with Crippen molar-refractivity contribution in [2.24, 2.45) is 0 Å². The van der Waals surface area contributed by atoms with Gasteiger partial charge in [0.25, 0.3) is 0 Å². The summed E-state index contributed by atoms with van der Waals surface area (Å²) in [4.78, 5) is 7.25. The molecule has 0 bridgehead atoms. The molecule has 0 aliphatic carbocycles. The largest absolute Gasteiger partial charge is 0.423 e. The van der Waals surface area contributed by atoms with Crippen molar-refractivity contribution >= 4 is 45.6 Å². The molecule has 4 heterocycles. The monoisotopic (exact) mass is 343 g/mol. The molecular weight excluding hydrogens is 329 g/mol. The number of hydrogen-bond acceptors (Lipinski definition) is 2. The number of hydrogen-bond donors (Lipinski definition) is 0. The molecule has 2 aromatic heterocycles. The molecule has 2 aliphatic heterocycles. The normalized spacial score (nSPS) is 13.8. The molecule has 0 N–H and O–H groups in total. The molecule has 0 saturated carbocycles. The zero-order valence-corrected chi connectivity index (χ0v) is 14.5. The second kappa shape index (κ2) is 4.60. The number of fused-ring (bicyclic) bond motifs is 11. The van der Waals surface area contributed by atoms with Crippen molar-refractivity contribution in [2.75, 3.05) is 4.81 Å². The minimum absolute atomic E-state index is 0.100. The Morgan fingerprint density at radius 3 is 2.52 bits per heavy atom. The van der Waals surface area contributed by atoms with Crippen molar-refractivity contribution < 1.29 is 0 Å². The predicted molar refractivity (Wildman–Crippen MR) is 112 cm³/mol. The predicted octanol–water partition coefficient (Wildman–Crippen LogP) is 4.57. The highest BCUT2D eigenvalue weighted by atomic mass is 15.2. The summed E-state index contributed by atoms with van der Waals surface area (Å²) in [5.74, 6) is 0. The zero-order valence-electron chi connectivity index (χ0n) is 14.5. The molecule has 0 atom stereocenters. The van der Waals surface area contributed by atoms with Gasteiger partial charge in [0.2, 0.25) is 0 Å². The van der Waals surface area contributed by atoms with Crippen LogP contribution in [0.4, 0.5) is 11.4 Å². The summed E-state index contributed by atoms with van der Waals surface area (Å²) in [5.41, 5.74) is 8.65. The fourth-order valence-electron chi connectivity index (χ4n) is 5.00. The van der Waals surface area contributed by atoms with Gasteiger partial charge in [-0.05, 0) is 29.7 Å². The number of benzene rings is 3. The van der Waals surface area contributed by atoms with Gasteiger partial charge >= 0.3 is 6.98 Å². The van der Waals surface area contributed by atoms with Crippen LogP contribution in [0.25, 0.3) is 33.1 Å². The van der Waals surface area contributed by atoms with Crippen LogP contribution in [0, 0.1) is 0 Å². The molecule has 124 valence electrons. The Kier molecular flexibility index (Phi) is 2.32. The first kappa shape index (κ1) is 13.6. The molecular formula is C23H14BN3. The average Bonchev–Trinajstić information content (AvgIpc) is 3.26. The van der Waals surface area contributed by atoms with Gasteiger partial charge in [-0.3, -0.25) is 4.98 Å². The topological polar surface area (TPSA) is 21.1 Å². The Morgan fingerprint density at radius 2 is 1.52 bits per heavy atom. The standard InChI is InChI=1S/C23H14BN3/c1-3-11-19-15(7-1)16-9-5-13-21-23(16)27(19)24-18-10-6-14-25-22(18)17-8-2-4-12-20(17)26(21)24/h1-14H. The van der Waals surface area contributed by atoms with Gasteiger partial charge in [0, 0.05) is 33.7 Å². The maximum absolute atomic E-state index is 4.77. The van der Waals surface area contributed by atoms with Crippen LogP contribution in [0.1, 0.15) is 0 Å². The summed E-state index contributed by atoms with van der Waals surface area (Å²) in [6.45, 7) is 0.100. The maximum atomic E-state index is 4.77. The van der Waals surface area contributed by atoms with Gasteiger partial charge in [0.1, 0.15) is 0 Å². The molecule has 3 nitrogen and oxygen atoms in total. The lowest BCUT2D eigenvalue weighted by atomic mass is 9.61. The van der Waals surface area contributed by atoms with Crippen LogP contribution in [0.5, 0.6) is 0 Å². The van der Waals surface area contributed by atoms with Crippen molar-refractivity contribution in [3.05, 3.63) is 85.1 Å². The van der Waals surface area contributed by atoms with E-state index >= 15 is 0 Å². The molecule has 7 rings (SSSR count). The highest BCUT2D eigenvalue weighted by Crippen LogP contribution is 2.48. The summed E-state index contributed by atoms with van der Waals surface area (Å²) in [5, 5.41) is 2.64. The van der Waals surface area contributed by atoms with E-state index in [0.29, 0.717) is 0 Å². The average molecular weight is 343 g/mol. The first-order chi connectivity index (χ1) is 13.4. The van der Waals surface area contributed by atoms with E-state index in [9.17, 15) is 0 Å². The Morgan fingerprint density at radius 1 is 0.704 bits per heavy atom. The van der Waals surface area contributed by atoms with Gasteiger partial charge in [-0.25, -0.2) is 0 Å². The van der Waals surface area contributed by atoms with E-state index in [-0.39, 0.29) is 6.98 Å². The Labute approximate surface area is 156 Å². The summed E-state index contributed by atoms with van der Waals surface area (Å²) >= 11 is 0. The van der Waals surface area contributed by atoms with Crippen LogP contribution in [0.3, 0.4) is 0 Å². The quantitative estimate of drug-likeness (QED) is 0.384. The Balaban J connectivity index is 1.71. The second-order valence-corrected chi connectivity index (χ2v) is 7.26. The van der Waals surface area contributed by atoms with Crippen LogP contribution in [0.15, 0.2) is 85.1 Å². The van der Waals surface area contributed by atoms with E-state index in [2.05, 4.69) is 88.2 Å². The van der Waals surface area contributed by atoms with Crippen LogP contribution in [-0.2, 0) is 0 Å². The number of para-hydroxylation sites is 3. The van der Waals surface area contributed by atoms with Gasteiger partial charge in [-0.15, -0.1) is 0 Å². The smallest absolute Gasteiger partial charge is 0.359 e. The SMILES string of the molecule is c1cnc2c(c1)B1N(c3ccccc3-2)c2cccc3c4ccccc4n1c23. The Hall–Kier alpha value is -3.53. The maximum Gasteiger partial charge on any atom is 0.423 e. The molecule has 0 fully saturated rings. The minimum Gasteiger partial charge on any atom is -0.359 e. The van der Waals surface area contributed by atoms with Gasteiger partial charge < -0.3 is 9.29 Å². The van der Waals surface area contributed by atoms with Gasteiger partial charge in [0.05, 0.1) is 16.9 Å². The summed E-state index contributed by atoms with van der Waals surface area (Å²) in [7, 11) is 0. The molecule has 0 saturated heterocycles. The molecule has 0 radical (unpaired) electrons. The fraction of sp³-hybridized carbons (Fsp3) is 0. The van der Waals surface area contributed by atoms with E-state index in [4.69, 9.17) is 4.98 Å². The van der Waals surface area contributed by atoms with E-state index in [0.717, 1.165) is 5.69 Å². The summed E-state index contributed by atoms with van der Waals surface area (Å²) in [6, 6.07) is 28.3. The molecule has 2 aliphatic rings. The van der Waals surface area contributed by atoms with E-state index < -0.39 is 0 Å². The van der Waals surface area contributed by atoms with Crippen LogP contribution >= 0.6 is 0 Å². The first-order valence-corrected chi connectivity index (χ1v) is 9.29. The third kappa shape index (κ3) is 1.49. The lowest BCUT2D eigenvalue weighted by molar-refractivity contribution is 1.26. The van der Waals surface area contributed by atoms with Crippen molar-refractivity contribution in [1.29, 1.82) is 0 Å². The van der Waals surface area contributed by atoms with Gasteiger partial charge in [-0.1, -0.05) is 54.6 Å². The van der Waals surface area contributed by atoms with Gasteiger partial charge in [-0.2, -0.15) is 0 Å². The summed E-state index contributed by atoms with van der Waals surface area (Å²) < 4.78 is 2.50. The second-order valence-electron chi connectivity index (χ2n) is 7.26. The van der Waals surface area contributed by atoms with Crippen molar-refractivity contribution in [3.8, 4) is 11.3 Å².